The smallest absolute Gasteiger partial charge is 0.212 e. The number of hydrogen-bond donors (Lipinski definition) is 1. The van der Waals surface area contributed by atoms with E-state index in [9.17, 15) is 8.42 Å². The molecule has 0 atom stereocenters. The third-order valence-electron chi connectivity index (χ3n) is 1.72. The molecule has 0 amide bonds. The van der Waals surface area contributed by atoms with E-state index in [0.29, 0.717) is 0 Å². The van der Waals surface area contributed by atoms with Crippen molar-refractivity contribution in [3.63, 3.8) is 0 Å². The Morgan fingerprint density at radius 1 is 1.33 bits per heavy atom. The molecule has 5 heteroatoms. The third kappa shape index (κ3) is 4.32. The van der Waals surface area contributed by atoms with Crippen molar-refractivity contribution in [1.29, 1.82) is 0 Å². The Labute approximate surface area is 99.1 Å². The van der Waals surface area contributed by atoms with Crippen LogP contribution in [0.5, 0.6) is 0 Å². The monoisotopic (exact) mass is 291 g/mol. The molecule has 0 fully saturated rings. The molecule has 84 valence electrons. The van der Waals surface area contributed by atoms with Crippen molar-refractivity contribution in [2.45, 2.75) is 25.6 Å². The first-order valence-corrected chi connectivity index (χ1v) is 7.08. The molecule has 0 spiro atoms. The number of benzene rings is 1. The average molecular weight is 292 g/mol. The number of rotatable bonds is 4. The molecule has 0 saturated heterocycles. The van der Waals surface area contributed by atoms with Crippen LogP contribution in [0, 0.1) is 0 Å². The fourth-order valence-corrected chi connectivity index (χ4v) is 3.29. The molecule has 0 aromatic heterocycles. The Bertz CT molecular complexity index is 429. The van der Waals surface area contributed by atoms with E-state index in [1.165, 1.54) is 0 Å². The normalized spacial score (nSPS) is 12.0. The molecule has 0 unspecified atom stereocenters. The SMILES string of the molecule is CC(C)NS(=O)(=O)Cc1ccccc1Br. The van der Waals surface area contributed by atoms with Gasteiger partial charge >= 0.3 is 0 Å². The van der Waals surface area contributed by atoms with Crippen LogP contribution < -0.4 is 4.72 Å². The first kappa shape index (κ1) is 12.7. The zero-order valence-corrected chi connectivity index (χ0v) is 11.1. The van der Waals surface area contributed by atoms with Crippen molar-refractivity contribution < 1.29 is 8.42 Å². The van der Waals surface area contributed by atoms with Crippen LogP contribution in [-0.4, -0.2) is 14.5 Å². The van der Waals surface area contributed by atoms with Gasteiger partial charge in [-0.3, -0.25) is 0 Å². The molecule has 0 aliphatic carbocycles. The van der Waals surface area contributed by atoms with Crippen LogP contribution >= 0.6 is 15.9 Å². The van der Waals surface area contributed by atoms with Gasteiger partial charge in [-0.05, 0) is 25.5 Å². The van der Waals surface area contributed by atoms with E-state index in [0.717, 1.165) is 10.0 Å². The summed E-state index contributed by atoms with van der Waals surface area (Å²) in [6.45, 7) is 3.61. The fourth-order valence-electron chi connectivity index (χ4n) is 1.22. The number of halogens is 1. The van der Waals surface area contributed by atoms with Crippen LogP contribution in [0.2, 0.25) is 0 Å². The molecule has 0 bridgehead atoms. The van der Waals surface area contributed by atoms with Crippen molar-refractivity contribution in [3.05, 3.63) is 34.3 Å². The van der Waals surface area contributed by atoms with Gasteiger partial charge in [0.1, 0.15) is 0 Å². The average Bonchev–Trinajstić information content (AvgIpc) is 2.06. The minimum Gasteiger partial charge on any atom is -0.212 e. The second-order valence-electron chi connectivity index (χ2n) is 3.62. The van der Waals surface area contributed by atoms with E-state index in [2.05, 4.69) is 20.7 Å². The Hall–Kier alpha value is -0.390. The lowest BCUT2D eigenvalue weighted by Gasteiger charge is -2.10. The van der Waals surface area contributed by atoms with Crippen LogP contribution in [0.15, 0.2) is 28.7 Å². The van der Waals surface area contributed by atoms with Crippen LogP contribution in [0.3, 0.4) is 0 Å². The molecule has 0 saturated carbocycles. The van der Waals surface area contributed by atoms with Crippen molar-refractivity contribution in [3.8, 4) is 0 Å². The standard InChI is InChI=1S/C10H14BrNO2S/c1-8(2)12-15(13,14)7-9-5-3-4-6-10(9)11/h3-6,8,12H,7H2,1-2H3. The predicted octanol–water partition coefficient (Wildman–Crippen LogP) is 2.28. The maximum absolute atomic E-state index is 11.6. The Morgan fingerprint density at radius 2 is 1.93 bits per heavy atom. The second-order valence-corrected chi connectivity index (χ2v) is 6.23. The Morgan fingerprint density at radius 3 is 2.47 bits per heavy atom. The lowest BCUT2D eigenvalue weighted by Crippen LogP contribution is -2.31. The van der Waals surface area contributed by atoms with E-state index in [1.807, 2.05) is 18.2 Å². The molecule has 3 nitrogen and oxygen atoms in total. The highest BCUT2D eigenvalue weighted by molar-refractivity contribution is 9.10. The summed E-state index contributed by atoms with van der Waals surface area (Å²) in [5.41, 5.74) is 0.769. The molecular formula is C10H14BrNO2S. The quantitative estimate of drug-likeness (QED) is 0.925. The van der Waals surface area contributed by atoms with Crippen molar-refractivity contribution >= 4 is 26.0 Å². The number of sulfonamides is 1. The minimum absolute atomic E-state index is 0.00655. The van der Waals surface area contributed by atoms with Gasteiger partial charge in [0, 0.05) is 10.5 Å². The largest absolute Gasteiger partial charge is 0.216 e. The highest BCUT2D eigenvalue weighted by Crippen LogP contribution is 2.17. The van der Waals surface area contributed by atoms with Crippen molar-refractivity contribution in [2.24, 2.45) is 0 Å². The summed E-state index contributed by atoms with van der Waals surface area (Å²) in [6, 6.07) is 7.24. The first-order chi connectivity index (χ1) is 6.91. The molecule has 1 aromatic rings. The third-order valence-corrected chi connectivity index (χ3v) is 4.01. The fraction of sp³-hybridized carbons (Fsp3) is 0.400. The predicted molar refractivity (Wildman–Crippen MR) is 65.0 cm³/mol. The Kier molecular flexibility index (Phi) is 4.31. The van der Waals surface area contributed by atoms with Gasteiger partial charge in [0.15, 0.2) is 0 Å². The number of hydrogen-bond acceptors (Lipinski definition) is 2. The molecule has 0 heterocycles. The summed E-state index contributed by atoms with van der Waals surface area (Å²) in [4.78, 5) is 0. The van der Waals surface area contributed by atoms with Gasteiger partial charge in [-0.2, -0.15) is 0 Å². The summed E-state index contributed by atoms with van der Waals surface area (Å²) in [5.74, 6) is 0.00655. The minimum atomic E-state index is -3.24. The highest BCUT2D eigenvalue weighted by Gasteiger charge is 2.14. The van der Waals surface area contributed by atoms with E-state index in [-0.39, 0.29) is 11.8 Å². The summed E-state index contributed by atoms with van der Waals surface area (Å²) in [7, 11) is -3.24. The second kappa shape index (κ2) is 5.09. The lowest BCUT2D eigenvalue weighted by atomic mass is 10.2. The van der Waals surface area contributed by atoms with Crippen LogP contribution in [0.1, 0.15) is 19.4 Å². The van der Waals surface area contributed by atoms with Gasteiger partial charge in [0.25, 0.3) is 0 Å². The molecular weight excluding hydrogens is 278 g/mol. The molecule has 15 heavy (non-hydrogen) atoms. The van der Waals surface area contributed by atoms with Crippen molar-refractivity contribution in [1.82, 2.24) is 4.72 Å². The lowest BCUT2D eigenvalue weighted by molar-refractivity contribution is 0.569. The van der Waals surface area contributed by atoms with Crippen molar-refractivity contribution in [2.75, 3.05) is 0 Å². The van der Waals surface area contributed by atoms with Crippen LogP contribution in [0.25, 0.3) is 0 Å². The number of nitrogens with one attached hydrogen (secondary N) is 1. The van der Waals surface area contributed by atoms with Crippen LogP contribution in [-0.2, 0) is 15.8 Å². The van der Waals surface area contributed by atoms with Gasteiger partial charge in [0.2, 0.25) is 10.0 Å². The zero-order chi connectivity index (χ0) is 11.5. The van der Waals surface area contributed by atoms with E-state index < -0.39 is 10.0 Å². The molecule has 1 aromatic carbocycles. The Balaban J connectivity index is 2.83. The van der Waals surface area contributed by atoms with E-state index >= 15 is 0 Å². The zero-order valence-electron chi connectivity index (χ0n) is 8.70. The van der Waals surface area contributed by atoms with Gasteiger partial charge in [-0.1, -0.05) is 34.1 Å². The summed E-state index contributed by atoms with van der Waals surface area (Å²) in [5, 5.41) is 0. The summed E-state index contributed by atoms with van der Waals surface area (Å²) in [6.07, 6.45) is 0. The van der Waals surface area contributed by atoms with Gasteiger partial charge in [-0.25, -0.2) is 13.1 Å². The topological polar surface area (TPSA) is 46.2 Å². The molecule has 0 aliphatic heterocycles. The summed E-state index contributed by atoms with van der Waals surface area (Å²) >= 11 is 3.32. The molecule has 0 aliphatic rings. The molecule has 1 rings (SSSR count). The first-order valence-electron chi connectivity index (χ1n) is 4.64. The van der Waals surface area contributed by atoms with Gasteiger partial charge < -0.3 is 0 Å². The maximum atomic E-state index is 11.6. The molecule has 0 radical (unpaired) electrons. The summed E-state index contributed by atoms with van der Waals surface area (Å²) < 4.78 is 26.6. The highest BCUT2D eigenvalue weighted by atomic mass is 79.9. The van der Waals surface area contributed by atoms with E-state index in [1.54, 1.807) is 19.9 Å². The van der Waals surface area contributed by atoms with Gasteiger partial charge in [-0.15, -0.1) is 0 Å². The molecule has 1 N–H and O–H groups in total. The van der Waals surface area contributed by atoms with Gasteiger partial charge in [0.05, 0.1) is 5.75 Å². The van der Waals surface area contributed by atoms with E-state index in [4.69, 9.17) is 0 Å². The maximum Gasteiger partial charge on any atom is 0.216 e. The van der Waals surface area contributed by atoms with Crippen LogP contribution in [0.4, 0.5) is 0 Å².